The Morgan fingerprint density at radius 2 is 2.11 bits per heavy atom. The molecule has 1 heterocycles. The summed E-state index contributed by atoms with van der Waals surface area (Å²) in [5, 5.41) is 9.19. The Morgan fingerprint density at radius 3 is 2.72 bits per heavy atom. The summed E-state index contributed by atoms with van der Waals surface area (Å²) in [6.07, 6.45) is 1.45. The first-order chi connectivity index (χ1) is 8.74. The zero-order valence-electron chi connectivity index (χ0n) is 9.63. The summed E-state index contributed by atoms with van der Waals surface area (Å²) in [6, 6.07) is 4.66. The molecule has 0 radical (unpaired) electrons. The predicted octanol–water partition coefficient (Wildman–Crippen LogP) is 1.19. The van der Waals surface area contributed by atoms with Gasteiger partial charge in [-0.2, -0.15) is 4.99 Å². The molecular weight excluding hydrogens is 236 g/mol. The third-order valence-electron chi connectivity index (χ3n) is 2.74. The van der Waals surface area contributed by atoms with E-state index in [0.29, 0.717) is 37.7 Å². The molecule has 0 amide bonds. The molecule has 1 aromatic rings. The number of carbonyl (C=O) groups excluding carboxylic acids is 1. The Bertz CT molecular complexity index is 483. The standard InChI is InChI=1S/C12H12N2O4/c15-8-13-10-3-1-2-9(12(16)17)11(10)14-4-6-18-7-5-14/h1-3H,4-7H2,(H,16,17). The van der Waals surface area contributed by atoms with E-state index in [0.717, 1.165) is 0 Å². The topological polar surface area (TPSA) is 79.2 Å². The monoisotopic (exact) mass is 248 g/mol. The van der Waals surface area contributed by atoms with E-state index in [1.54, 1.807) is 12.1 Å². The molecule has 94 valence electrons. The van der Waals surface area contributed by atoms with E-state index < -0.39 is 5.97 Å². The maximum Gasteiger partial charge on any atom is 0.337 e. The molecule has 0 aliphatic carbocycles. The number of para-hydroxylation sites is 1. The normalized spacial score (nSPS) is 15.0. The quantitative estimate of drug-likeness (QED) is 0.642. The van der Waals surface area contributed by atoms with Crippen molar-refractivity contribution < 1.29 is 19.4 Å². The van der Waals surface area contributed by atoms with Gasteiger partial charge < -0.3 is 14.7 Å². The van der Waals surface area contributed by atoms with Crippen LogP contribution in [0.25, 0.3) is 0 Å². The average molecular weight is 248 g/mol. The molecule has 1 aliphatic rings. The van der Waals surface area contributed by atoms with Crippen LogP contribution in [0.15, 0.2) is 23.2 Å². The van der Waals surface area contributed by atoms with Gasteiger partial charge in [-0.05, 0) is 12.1 Å². The molecule has 6 heteroatoms. The molecule has 18 heavy (non-hydrogen) atoms. The Labute approximate surface area is 104 Å². The van der Waals surface area contributed by atoms with E-state index in [4.69, 9.17) is 4.74 Å². The first-order valence-corrected chi connectivity index (χ1v) is 5.51. The maximum absolute atomic E-state index is 11.2. The van der Waals surface area contributed by atoms with Crippen molar-refractivity contribution in [1.82, 2.24) is 0 Å². The molecule has 1 N–H and O–H groups in total. The summed E-state index contributed by atoms with van der Waals surface area (Å²) in [6.45, 7) is 2.20. The molecule has 2 rings (SSSR count). The molecule has 0 aromatic heterocycles. The van der Waals surface area contributed by atoms with Crippen LogP contribution in [-0.2, 0) is 9.53 Å². The SMILES string of the molecule is O=C=Nc1cccc(C(=O)O)c1N1CCOCC1. The fraction of sp³-hybridized carbons (Fsp3) is 0.333. The number of nitrogens with zero attached hydrogens (tertiary/aromatic N) is 2. The maximum atomic E-state index is 11.2. The summed E-state index contributed by atoms with van der Waals surface area (Å²) in [5.74, 6) is -1.04. The molecule has 0 saturated carbocycles. The van der Waals surface area contributed by atoms with Crippen molar-refractivity contribution in [3.05, 3.63) is 23.8 Å². The fourth-order valence-corrected chi connectivity index (χ4v) is 1.96. The largest absolute Gasteiger partial charge is 0.478 e. The molecule has 1 aromatic carbocycles. The third-order valence-corrected chi connectivity index (χ3v) is 2.74. The minimum atomic E-state index is -1.04. The lowest BCUT2D eigenvalue weighted by Gasteiger charge is -2.30. The van der Waals surface area contributed by atoms with Gasteiger partial charge in [-0.1, -0.05) is 6.07 Å². The fourth-order valence-electron chi connectivity index (χ4n) is 1.96. The molecule has 0 unspecified atom stereocenters. The van der Waals surface area contributed by atoms with Gasteiger partial charge in [-0.15, -0.1) is 0 Å². The van der Waals surface area contributed by atoms with Crippen LogP contribution in [0.3, 0.4) is 0 Å². The van der Waals surface area contributed by atoms with Crippen molar-refractivity contribution in [2.24, 2.45) is 4.99 Å². The number of carboxylic acid groups (broad SMARTS) is 1. The molecule has 1 fully saturated rings. The third kappa shape index (κ3) is 2.40. The van der Waals surface area contributed by atoms with Gasteiger partial charge in [0.05, 0.1) is 24.5 Å². The van der Waals surface area contributed by atoms with E-state index >= 15 is 0 Å². The summed E-state index contributed by atoms with van der Waals surface area (Å²) in [7, 11) is 0. The number of isocyanates is 1. The van der Waals surface area contributed by atoms with Gasteiger partial charge in [0, 0.05) is 13.1 Å². The summed E-state index contributed by atoms with van der Waals surface area (Å²) in [4.78, 5) is 27.1. The number of hydrogen-bond acceptors (Lipinski definition) is 5. The van der Waals surface area contributed by atoms with E-state index in [2.05, 4.69) is 4.99 Å². The number of aliphatic imine (C=N–C) groups is 1. The lowest BCUT2D eigenvalue weighted by molar-refractivity contribution is 0.0696. The van der Waals surface area contributed by atoms with Crippen LogP contribution >= 0.6 is 0 Å². The first kappa shape index (κ1) is 12.3. The minimum absolute atomic E-state index is 0.133. The summed E-state index contributed by atoms with van der Waals surface area (Å²) < 4.78 is 5.22. The van der Waals surface area contributed by atoms with E-state index in [1.165, 1.54) is 12.1 Å². The Morgan fingerprint density at radius 1 is 1.39 bits per heavy atom. The van der Waals surface area contributed by atoms with Crippen LogP contribution in [0.4, 0.5) is 11.4 Å². The number of morpholine rings is 1. The van der Waals surface area contributed by atoms with Crippen molar-refractivity contribution in [3.63, 3.8) is 0 Å². The van der Waals surface area contributed by atoms with Gasteiger partial charge in [-0.25, -0.2) is 9.59 Å². The molecule has 0 spiro atoms. The predicted molar refractivity (Wildman–Crippen MR) is 64.2 cm³/mol. The molecule has 6 nitrogen and oxygen atoms in total. The van der Waals surface area contributed by atoms with Crippen LogP contribution in [0, 0.1) is 0 Å². The van der Waals surface area contributed by atoms with Crippen LogP contribution in [0.2, 0.25) is 0 Å². The van der Waals surface area contributed by atoms with Crippen LogP contribution < -0.4 is 4.90 Å². The highest BCUT2D eigenvalue weighted by atomic mass is 16.5. The Kier molecular flexibility index (Phi) is 3.72. The van der Waals surface area contributed by atoms with Gasteiger partial charge in [0.25, 0.3) is 0 Å². The zero-order valence-corrected chi connectivity index (χ0v) is 9.63. The van der Waals surface area contributed by atoms with Gasteiger partial charge in [0.2, 0.25) is 6.08 Å². The van der Waals surface area contributed by atoms with Crippen LogP contribution in [0.1, 0.15) is 10.4 Å². The first-order valence-electron chi connectivity index (χ1n) is 5.51. The molecule has 1 aliphatic heterocycles. The number of rotatable bonds is 3. The number of carboxylic acids is 1. The molecular formula is C12H12N2O4. The second-order valence-corrected chi connectivity index (χ2v) is 3.78. The number of benzene rings is 1. The summed E-state index contributed by atoms with van der Waals surface area (Å²) >= 11 is 0. The van der Waals surface area contributed by atoms with E-state index in [1.807, 2.05) is 4.90 Å². The Hall–Kier alpha value is -2.17. The molecule has 0 atom stereocenters. The number of anilines is 1. The second-order valence-electron chi connectivity index (χ2n) is 3.78. The lowest BCUT2D eigenvalue weighted by atomic mass is 10.1. The summed E-state index contributed by atoms with van der Waals surface area (Å²) in [5.41, 5.74) is 0.914. The highest BCUT2D eigenvalue weighted by Gasteiger charge is 2.21. The number of ether oxygens (including phenoxy) is 1. The highest BCUT2D eigenvalue weighted by Crippen LogP contribution is 2.32. The van der Waals surface area contributed by atoms with Crippen molar-refractivity contribution in [2.45, 2.75) is 0 Å². The highest BCUT2D eigenvalue weighted by molar-refractivity contribution is 5.98. The number of carbonyl (C=O) groups is 1. The average Bonchev–Trinajstić information content (AvgIpc) is 2.40. The van der Waals surface area contributed by atoms with Crippen molar-refractivity contribution >= 4 is 23.4 Å². The smallest absolute Gasteiger partial charge is 0.337 e. The van der Waals surface area contributed by atoms with Crippen molar-refractivity contribution in [3.8, 4) is 0 Å². The molecule has 0 bridgehead atoms. The van der Waals surface area contributed by atoms with Crippen LogP contribution in [0.5, 0.6) is 0 Å². The number of hydrogen-bond donors (Lipinski definition) is 1. The van der Waals surface area contributed by atoms with Gasteiger partial charge >= 0.3 is 5.97 Å². The minimum Gasteiger partial charge on any atom is -0.478 e. The van der Waals surface area contributed by atoms with Gasteiger partial charge in [0.15, 0.2) is 0 Å². The Balaban J connectivity index is 2.51. The van der Waals surface area contributed by atoms with Crippen LogP contribution in [-0.4, -0.2) is 43.5 Å². The van der Waals surface area contributed by atoms with E-state index in [-0.39, 0.29) is 5.56 Å². The molecule has 1 saturated heterocycles. The van der Waals surface area contributed by atoms with Gasteiger partial charge in [-0.3, -0.25) is 0 Å². The second kappa shape index (κ2) is 5.44. The zero-order chi connectivity index (χ0) is 13.0. The van der Waals surface area contributed by atoms with Crippen molar-refractivity contribution in [1.29, 1.82) is 0 Å². The van der Waals surface area contributed by atoms with Gasteiger partial charge in [0.1, 0.15) is 5.69 Å². The number of aromatic carboxylic acids is 1. The van der Waals surface area contributed by atoms with Crippen molar-refractivity contribution in [2.75, 3.05) is 31.2 Å². The van der Waals surface area contributed by atoms with E-state index in [9.17, 15) is 14.7 Å². The lowest BCUT2D eigenvalue weighted by Crippen LogP contribution is -2.37.